The highest BCUT2D eigenvalue weighted by Crippen LogP contribution is 2.13. The number of hydrogen-bond donors (Lipinski definition) is 2. The summed E-state index contributed by atoms with van der Waals surface area (Å²) >= 11 is 0. The summed E-state index contributed by atoms with van der Waals surface area (Å²) in [6.45, 7) is 3.60. The van der Waals surface area contributed by atoms with E-state index in [-0.39, 0.29) is 31.1 Å². The molecular weight excluding hydrogens is 264 g/mol. The van der Waals surface area contributed by atoms with Crippen molar-refractivity contribution in [2.24, 2.45) is 0 Å². The van der Waals surface area contributed by atoms with Crippen molar-refractivity contribution >= 4 is 17.9 Å². The fraction of sp³-hybridized carbons (Fsp3) is 0.750. The molecule has 3 amide bonds. The molecule has 2 N–H and O–H groups in total. The highest BCUT2D eigenvalue weighted by Gasteiger charge is 2.38. The number of hydrogen-bond acceptors (Lipinski definition) is 4. The molecule has 0 aromatic rings. The summed E-state index contributed by atoms with van der Waals surface area (Å²) in [6, 6.07) is -1.14. The number of amides is 3. The van der Waals surface area contributed by atoms with Gasteiger partial charge in [-0.3, -0.25) is 9.69 Å². The van der Waals surface area contributed by atoms with E-state index in [1.807, 2.05) is 14.0 Å². The van der Waals surface area contributed by atoms with Gasteiger partial charge in [-0.05, 0) is 14.0 Å². The SMILES string of the molecule is CC1CN(C(=O)N2CC(=O)NCC2C(=O)O)CCN1C. The average molecular weight is 284 g/mol. The van der Waals surface area contributed by atoms with Crippen molar-refractivity contribution in [1.29, 1.82) is 0 Å². The van der Waals surface area contributed by atoms with Gasteiger partial charge in [-0.2, -0.15) is 0 Å². The Morgan fingerprint density at radius 2 is 2.05 bits per heavy atom. The normalized spacial score (nSPS) is 28.2. The zero-order valence-corrected chi connectivity index (χ0v) is 11.7. The van der Waals surface area contributed by atoms with Crippen LogP contribution in [0.1, 0.15) is 6.92 Å². The number of carboxylic acid groups (broad SMARTS) is 1. The first-order valence-electron chi connectivity index (χ1n) is 6.65. The smallest absolute Gasteiger partial charge is 0.328 e. The van der Waals surface area contributed by atoms with Gasteiger partial charge >= 0.3 is 12.0 Å². The molecule has 2 rings (SSSR count). The molecule has 20 heavy (non-hydrogen) atoms. The Morgan fingerprint density at radius 3 is 2.65 bits per heavy atom. The number of likely N-dealkylation sites (N-methyl/N-ethyl adjacent to an activating group) is 1. The van der Waals surface area contributed by atoms with Crippen LogP contribution in [0.3, 0.4) is 0 Å². The summed E-state index contributed by atoms with van der Waals surface area (Å²) < 4.78 is 0. The van der Waals surface area contributed by atoms with Gasteiger partial charge in [-0.1, -0.05) is 0 Å². The van der Waals surface area contributed by atoms with Crippen LogP contribution in [0.4, 0.5) is 4.79 Å². The molecule has 2 aliphatic rings. The van der Waals surface area contributed by atoms with Crippen molar-refractivity contribution in [2.45, 2.75) is 19.0 Å². The van der Waals surface area contributed by atoms with Crippen LogP contribution in [-0.4, -0.2) is 89.6 Å². The lowest BCUT2D eigenvalue weighted by Gasteiger charge is -2.42. The molecule has 0 spiro atoms. The average Bonchev–Trinajstić information content (AvgIpc) is 2.40. The maximum absolute atomic E-state index is 12.5. The second-order valence-corrected chi connectivity index (χ2v) is 5.34. The standard InChI is InChI=1S/C12H20N4O4/c1-8-6-15(4-3-14(8)2)12(20)16-7-10(17)13-5-9(16)11(18)19/h8-9H,3-7H2,1-2H3,(H,13,17)(H,18,19). The van der Waals surface area contributed by atoms with Crippen molar-refractivity contribution in [3.8, 4) is 0 Å². The molecule has 8 heteroatoms. The lowest BCUT2D eigenvalue weighted by atomic mass is 10.1. The summed E-state index contributed by atoms with van der Waals surface area (Å²) in [4.78, 5) is 40.0. The third kappa shape index (κ3) is 2.84. The Bertz CT molecular complexity index is 428. The molecule has 2 fully saturated rings. The fourth-order valence-electron chi connectivity index (χ4n) is 2.47. The Hall–Kier alpha value is -1.83. The zero-order chi connectivity index (χ0) is 14.9. The topological polar surface area (TPSA) is 93.2 Å². The van der Waals surface area contributed by atoms with Gasteiger partial charge in [0.1, 0.15) is 12.6 Å². The van der Waals surface area contributed by atoms with Crippen LogP contribution < -0.4 is 5.32 Å². The first kappa shape index (κ1) is 14.6. The van der Waals surface area contributed by atoms with Crippen LogP contribution in [0.5, 0.6) is 0 Å². The lowest BCUT2D eigenvalue weighted by molar-refractivity contribution is -0.144. The first-order valence-corrected chi connectivity index (χ1v) is 6.65. The molecular formula is C12H20N4O4. The van der Waals surface area contributed by atoms with E-state index < -0.39 is 12.0 Å². The molecule has 112 valence electrons. The van der Waals surface area contributed by atoms with Gasteiger partial charge in [0.25, 0.3) is 0 Å². The van der Waals surface area contributed by atoms with Gasteiger partial charge in [0.15, 0.2) is 0 Å². The summed E-state index contributed by atoms with van der Waals surface area (Å²) in [5.74, 6) is -1.42. The Morgan fingerprint density at radius 1 is 1.35 bits per heavy atom. The Kier molecular flexibility index (Phi) is 4.12. The molecule has 2 aliphatic heterocycles. The van der Waals surface area contributed by atoms with Crippen LogP contribution in [-0.2, 0) is 9.59 Å². The minimum absolute atomic E-state index is 0.0385. The van der Waals surface area contributed by atoms with Crippen LogP contribution in [0, 0.1) is 0 Å². The third-order valence-corrected chi connectivity index (χ3v) is 3.94. The fourth-order valence-corrected chi connectivity index (χ4v) is 2.47. The number of nitrogens with zero attached hydrogens (tertiary/aromatic N) is 3. The van der Waals surface area contributed by atoms with Crippen LogP contribution in [0.2, 0.25) is 0 Å². The van der Waals surface area contributed by atoms with Crippen molar-refractivity contribution in [3.63, 3.8) is 0 Å². The Labute approximate surface area is 117 Å². The molecule has 2 unspecified atom stereocenters. The van der Waals surface area contributed by atoms with Crippen molar-refractivity contribution in [1.82, 2.24) is 20.0 Å². The number of nitrogens with one attached hydrogen (secondary N) is 1. The minimum atomic E-state index is -1.10. The lowest BCUT2D eigenvalue weighted by Crippen LogP contribution is -2.64. The van der Waals surface area contributed by atoms with E-state index in [0.29, 0.717) is 13.1 Å². The van der Waals surface area contributed by atoms with E-state index in [0.717, 1.165) is 11.4 Å². The quantitative estimate of drug-likeness (QED) is 0.619. The zero-order valence-electron chi connectivity index (χ0n) is 11.7. The third-order valence-electron chi connectivity index (χ3n) is 3.94. The minimum Gasteiger partial charge on any atom is -0.480 e. The number of urea groups is 1. The summed E-state index contributed by atoms with van der Waals surface area (Å²) in [5, 5.41) is 11.6. The van der Waals surface area contributed by atoms with Gasteiger partial charge in [0.05, 0.1) is 0 Å². The maximum atomic E-state index is 12.5. The molecule has 0 saturated carbocycles. The highest BCUT2D eigenvalue weighted by molar-refractivity contribution is 5.90. The van der Waals surface area contributed by atoms with Crippen molar-refractivity contribution < 1.29 is 19.5 Å². The number of carboxylic acids is 1. The second kappa shape index (κ2) is 5.66. The van der Waals surface area contributed by atoms with Crippen LogP contribution >= 0.6 is 0 Å². The van der Waals surface area contributed by atoms with Crippen LogP contribution in [0.15, 0.2) is 0 Å². The largest absolute Gasteiger partial charge is 0.480 e. The molecule has 0 aromatic heterocycles. The van der Waals surface area contributed by atoms with Gasteiger partial charge in [-0.25, -0.2) is 9.59 Å². The van der Waals surface area contributed by atoms with Gasteiger partial charge < -0.3 is 20.2 Å². The monoisotopic (exact) mass is 284 g/mol. The van der Waals surface area contributed by atoms with E-state index >= 15 is 0 Å². The van der Waals surface area contributed by atoms with E-state index in [9.17, 15) is 14.4 Å². The summed E-state index contributed by atoms with van der Waals surface area (Å²) in [6.07, 6.45) is 0. The molecule has 0 aromatic carbocycles. The molecule has 2 heterocycles. The predicted octanol–water partition coefficient (Wildman–Crippen LogP) is -1.37. The van der Waals surface area contributed by atoms with Gasteiger partial charge in [0, 0.05) is 32.2 Å². The number of carbonyl (C=O) groups is 3. The maximum Gasteiger partial charge on any atom is 0.328 e. The molecule has 0 radical (unpaired) electrons. The predicted molar refractivity (Wildman–Crippen MR) is 70.2 cm³/mol. The molecule has 0 bridgehead atoms. The van der Waals surface area contributed by atoms with E-state index in [1.165, 1.54) is 0 Å². The number of carbonyl (C=O) groups excluding carboxylic acids is 2. The van der Waals surface area contributed by atoms with E-state index in [4.69, 9.17) is 5.11 Å². The molecule has 2 saturated heterocycles. The van der Waals surface area contributed by atoms with E-state index in [2.05, 4.69) is 10.2 Å². The van der Waals surface area contributed by atoms with Gasteiger partial charge in [0.2, 0.25) is 5.91 Å². The number of aliphatic carboxylic acids is 1. The first-order chi connectivity index (χ1) is 9.40. The number of piperazine rings is 2. The molecule has 2 atom stereocenters. The summed E-state index contributed by atoms with van der Waals surface area (Å²) in [5.41, 5.74) is 0. The van der Waals surface area contributed by atoms with Crippen LogP contribution in [0.25, 0.3) is 0 Å². The molecule has 8 nitrogen and oxygen atoms in total. The van der Waals surface area contributed by atoms with Crippen molar-refractivity contribution in [2.75, 3.05) is 39.8 Å². The van der Waals surface area contributed by atoms with E-state index in [1.54, 1.807) is 4.90 Å². The van der Waals surface area contributed by atoms with Gasteiger partial charge in [-0.15, -0.1) is 0 Å². The Balaban J connectivity index is 2.09. The number of rotatable bonds is 1. The highest BCUT2D eigenvalue weighted by atomic mass is 16.4. The summed E-state index contributed by atoms with van der Waals surface area (Å²) in [7, 11) is 1.99. The van der Waals surface area contributed by atoms with Crippen molar-refractivity contribution in [3.05, 3.63) is 0 Å². The molecule has 0 aliphatic carbocycles. The second-order valence-electron chi connectivity index (χ2n) is 5.34.